The molecule has 5 aliphatic rings. The lowest BCUT2D eigenvalue weighted by Crippen LogP contribution is -2.59. The van der Waals surface area contributed by atoms with Gasteiger partial charge in [-0.15, -0.1) is 11.3 Å². The monoisotopic (exact) mass is 382 g/mol. The van der Waals surface area contributed by atoms with E-state index in [2.05, 4.69) is 47.1 Å². The molecule has 2 aromatic rings. The number of likely N-dealkylation sites (tertiary alicyclic amines) is 1. The number of hydrogen-bond donors (Lipinski definition) is 0. The van der Waals surface area contributed by atoms with E-state index >= 15 is 0 Å². The molecule has 142 valence electrons. The van der Waals surface area contributed by atoms with Gasteiger partial charge < -0.3 is 9.47 Å². The van der Waals surface area contributed by atoms with Crippen molar-refractivity contribution in [2.45, 2.75) is 44.3 Å². The van der Waals surface area contributed by atoms with Crippen molar-refractivity contribution in [3.05, 3.63) is 45.6 Å². The highest BCUT2D eigenvalue weighted by Gasteiger charge is 2.53. The summed E-state index contributed by atoms with van der Waals surface area (Å²) in [6.07, 6.45) is 2.74. The Kier molecular flexibility index (Phi) is 3.78. The lowest BCUT2D eigenvalue weighted by Gasteiger charge is -2.51. The molecule has 6 heterocycles. The van der Waals surface area contributed by atoms with Crippen LogP contribution in [0.1, 0.15) is 34.1 Å². The standard InChI is InChI=1S/C22H26N2O2S/c1-14-2-4-17(27-14)11-24-12-18(16-3-5-19-20(10-16)26-13-25-19)22-21(24)15-6-8-23(22)9-7-15/h2-5,10,15,18,21-22H,6-9,11-13H2,1H3/t18-,21+,22+/m0/s1. The third-order valence-corrected chi connectivity index (χ3v) is 8.06. The quantitative estimate of drug-likeness (QED) is 0.805. The number of hydrogen-bond acceptors (Lipinski definition) is 5. The van der Waals surface area contributed by atoms with Crippen LogP contribution in [0.3, 0.4) is 0 Å². The molecule has 7 rings (SSSR count). The molecule has 1 aromatic heterocycles. The van der Waals surface area contributed by atoms with Crippen LogP contribution in [0.2, 0.25) is 0 Å². The van der Waals surface area contributed by atoms with Crippen molar-refractivity contribution in [1.82, 2.24) is 9.80 Å². The summed E-state index contributed by atoms with van der Waals surface area (Å²) in [5.41, 5.74) is 1.42. The molecule has 3 atom stereocenters. The van der Waals surface area contributed by atoms with E-state index in [1.54, 1.807) is 0 Å². The molecular weight excluding hydrogens is 356 g/mol. The van der Waals surface area contributed by atoms with Crippen LogP contribution in [0.5, 0.6) is 11.5 Å². The maximum atomic E-state index is 5.67. The summed E-state index contributed by atoms with van der Waals surface area (Å²) in [7, 11) is 0. The van der Waals surface area contributed by atoms with Gasteiger partial charge in [-0.25, -0.2) is 0 Å². The lowest BCUT2D eigenvalue weighted by molar-refractivity contribution is -0.00845. The topological polar surface area (TPSA) is 24.9 Å². The molecule has 0 amide bonds. The fourth-order valence-corrected chi connectivity index (χ4v) is 6.85. The molecule has 4 fully saturated rings. The van der Waals surface area contributed by atoms with Crippen molar-refractivity contribution in [3.8, 4) is 11.5 Å². The van der Waals surface area contributed by atoms with E-state index in [0.29, 0.717) is 24.8 Å². The highest BCUT2D eigenvalue weighted by Crippen LogP contribution is 2.48. The van der Waals surface area contributed by atoms with Gasteiger partial charge in [0.25, 0.3) is 0 Å². The maximum absolute atomic E-state index is 5.67. The fraction of sp³-hybridized carbons (Fsp3) is 0.545. The van der Waals surface area contributed by atoms with Crippen LogP contribution in [0.25, 0.3) is 0 Å². The van der Waals surface area contributed by atoms with Crippen molar-refractivity contribution >= 4 is 11.3 Å². The lowest BCUT2D eigenvalue weighted by atomic mass is 9.75. The molecule has 0 unspecified atom stereocenters. The van der Waals surface area contributed by atoms with Gasteiger partial charge in [-0.3, -0.25) is 9.80 Å². The molecule has 4 nitrogen and oxygen atoms in total. The molecule has 0 aliphatic carbocycles. The van der Waals surface area contributed by atoms with Crippen LogP contribution in [0.4, 0.5) is 0 Å². The number of aryl methyl sites for hydroxylation is 1. The van der Waals surface area contributed by atoms with E-state index in [1.807, 2.05) is 11.3 Å². The average Bonchev–Trinajstić information content (AvgIpc) is 3.42. The zero-order chi connectivity index (χ0) is 18.0. The van der Waals surface area contributed by atoms with Gasteiger partial charge in [0.05, 0.1) is 0 Å². The Balaban J connectivity index is 1.34. The molecule has 0 radical (unpaired) electrons. The van der Waals surface area contributed by atoms with Crippen LogP contribution >= 0.6 is 11.3 Å². The molecule has 0 N–H and O–H groups in total. The summed E-state index contributed by atoms with van der Waals surface area (Å²) in [5, 5.41) is 0. The van der Waals surface area contributed by atoms with Gasteiger partial charge in [0.15, 0.2) is 11.5 Å². The second-order valence-electron chi connectivity index (χ2n) is 8.52. The van der Waals surface area contributed by atoms with E-state index in [0.717, 1.165) is 30.5 Å². The van der Waals surface area contributed by atoms with E-state index in [1.165, 1.54) is 41.2 Å². The number of piperidine rings is 3. The van der Waals surface area contributed by atoms with Gasteiger partial charge in [-0.05, 0) is 68.6 Å². The van der Waals surface area contributed by atoms with Gasteiger partial charge in [0, 0.05) is 40.8 Å². The Morgan fingerprint density at radius 3 is 2.70 bits per heavy atom. The minimum absolute atomic E-state index is 0.355. The second-order valence-corrected chi connectivity index (χ2v) is 9.89. The number of fused-ring (bicyclic) bond motifs is 3. The molecule has 5 heteroatoms. The van der Waals surface area contributed by atoms with E-state index in [9.17, 15) is 0 Å². The number of thiophene rings is 1. The third-order valence-electron chi connectivity index (χ3n) is 7.07. The van der Waals surface area contributed by atoms with E-state index < -0.39 is 0 Å². The predicted molar refractivity (Wildman–Crippen MR) is 107 cm³/mol. The third kappa shape index (κ3) is 2.63. The number of nitrogens with zero attached hydrogens (tertiary/aromatic N) is 2. The summed E-state index contributed by atoms with van der Waals surface area (Å²) in [4.78, 5) is 8.50. The van der Waals surface area contributed by atoms with E-state index in [-0.39, 0.29) is 0 Å². The first-order valence-electron chi connectivity index (χ1n) is 10.2. The first kappa shape index (κ1) is 16.4. The van der Waals surface area contributed by atoms with Crippen molar-refractivity contribution in [1.29, 1.82) is 0 Å². The Labute approximate surface area is 164 Å². The summed E-state index contributed by atoms with van der Waals surface area (Å²) < 4.78 is 11.2. The Morgan fingerprint density at radius 1 is 1.04 bits per heavy atom. The predicted octanol–water partition coefficient (Wildman–Crippen LogP) is 3.85. The van der Waals surface area contributed by atoms with Crippen LogP contribution in [-0.4, -0.2) is 48.3 Å². The molecular formula is C22H26N2O2S. The van der Waals surface area contributed by atoms with Crippen LogP contribution in [0, 0.1) is 12.8 Å². The first-order valence-corrected chi connectivity index (χ1v) is 11.0. The second kappa shape index (κ2) is 6.23. The fourth-order valence-electron chi connectivity index (χ4n) is 5.93. The molecule has 27 heavy (non-hydrogen) atoms. The molecule has 0 saturated carbocycles. The van der Waals surface area contributed by atoms with Gasteiger partial charge >= 0.3 is 0 Å². The first-order chi connectivity index (χ1) is 13.3. The number of rotatable bonds is 3. The molecule has 4 saturated heterocycles. The highest BCUT2D eigenvalue weighted by molar-refractivity contribution is 7.11. The Bertz CT molecular complexity index is 858. The summed E-state index contributed by atoms with van der Waals surface area (Å²) in [5.74, 6) is 3.24. The van der Waals surface area contributed by atoms with Gasteiger partial charge in [-0.2, -0.15) is 0 Å². The average molecular weight is 383 g/mol. The largest absolute Gasteiger partial charge is 0.454 e. The maximum Gasteiger partial charge on any atom is 0.231 e. The van der Waals surface area contributed by atoms with Gasteiger partial charge in [0.1, 0.15) is 0 Å². The number of ether oxygens (including phenoxy) is 2. The van der Waals surface area contributed by atoms with Crippen molar-refractivity contribution in [2.24, 2.45) is 5.92 Å². The van der Waals surface area contributed by atoms with Gasteiger partial charge in [-0.1, -0.05) is 6.07 Å². The molecule has 1 aromatic carbocycles. The SMILES string of the molecule is Cc1ccc(CN2C[C@@H](c3ccc4c(c3)OCO4)[C@@H]3[C@H]2C2CCN3CC2)s1. The van der Waals surface area contributed by atoms with Crippen molar-refractivity contribution in [2.75, 3.05) is 26.4 Å². The minimum Gasteiger partial charge on any atom is -0.454 e. The normalized spacial score (nSPS) is 34.2. The smallest absolute Gasteiger partial charge is 0.231 e. The van der Waals surface area contributed by atoms with Crippen LogP contribution in [0.15, 0.2) is 30.3 Å². The zero-order valence-corrected chi connectivity index (χ0v) is 16.6. The van der Waals surface area contributed by atoms with Crippen LogP contribution in [-0.2, 0) is 6.54 Å². The highest BCUT2D eigenvalue weighted by atomic mass is 32.1. The van der Waals surface area contributed by atoms with Crippen molar-refractivity contribution < 1.29 is 9.47 Å². The van der Waals surface area contributed by atoms with Crippen molar-refractivity contribution in [3.63, 3.8) is 0 Å². The van der Waals surface area contributed by atoms with Gasteiger partial charge in [0.2, 0.25) is 6.79 Å². The zero-order valence-electron chi connectivity index (χ0n) is 15.8. The molecule has 2 bridgehead atoms. The Hall–Kier alpha value is -1.56. The summed E-state index contributed by atoms with van der Waals surface area (Å²) >= 11 is 1.96. The summed E-state index contributed by atoms with van der Waals surface area (Å²) in [6, 6.07) is 12.6. The summed E-state index contributed by atoms with van der Waals surface area (Å²) in [6.45, 7) is 7.37. The molecule has 5 aliphatic heterocycles. The number of benzene rings is 1. The Morgan fingerprint density at radius 2 is 1.89 bits per heavy atom. The van der Waals surface area contributed by atoms with E-state index in [4.69, 9.17) is 9.47 Å². The van der Waals surface area contributed by atoms with Crippen LogP contribution < -0.4 is 9.47 Å². The molecule has 0 spiro atoms. The minimum atomic E-state index is 0.355.